The number of carbonyl (C=O) groups is 3. The average molecular weight is 413 g/mol. The zero-order valence-electron chi connectivity index (χ0n) is 15.2. The van der Waals surface area contributed by atoms with Gasteiger partial charge in [-0.05, 0) is 30.2 Å². The van der Waals surface area contributed by atoms with Gasteiger partial charge in [0.25, 0.3) is 5.91 Å². The molecule has 1 atom stereocenters. The SMILES string of the molecule is O=C(O)CC[C@H](C(=O)O)N1C(=O)/C(=C/c2ccc(Cl)cc2)N=C1c1ccccc1. The number of halogens is 1. The van der Waals surface area contributed by atoms with Gasteiger partial charge in [-0.1, -0.05) is 54.1 Å². The Hall–Kier alpha value is -3.45. The topological polar surface area (TPSA) is 107 Å². The molecule has 8 heteroatoms. The largest absolute Gasteiger partial charge is 0.481 e. The molecular formula is C21H17ClN2O5. The van der Waals surface area contributed by atoms with Crippen LogP contribution in [0, 0.1) is 0 Å². The van der Waals surface area contributed by atoms with Gasteiger partial charge < -0.3 is 10.2 Å². The second-order valence-corrected chi connectivity index (χ2v) is 6.78. The van der Waals surface area contributed by atoms with Crippen molar-refractivity contribution in [2.75, 3.05) is 0 Å². The standard InChI is InChI=1S/C21H17ClN2O5/c22-15-8-6-13(7-9-15)12-16-20(27)24(17(21(28)29)10-11-18(25)26)19(23-16)14-4-2-1-3-5-14/h1-9,12,17H,10-11H2,(H,25,26)(H,28,29)/b16-12-/t17-/m1/s1. The van der Waals surface area contributed by atoms with Crippen LogP contribution in [0.15, 0.2) is 65.3 Å². The summed E-state index contributed by atoms with van der Waals surface area (Å²) in [7, 11) is 0. The van der Waals surface area contributed by atoms with Crippen LogP contribution in [0.2, 0.25) is 5.02 Å². The molecule has 0 saturated heterocycles. The Morgan fingerprint density at radius 2 is 1.72 bits per heavy atom. The van der Waals surface area contributed by atoms with Gasteiger partial charge in [-0.25, -0.2) is 9.79 Å². The second-order valence-electron chi connectivity index (χ2n) is 6.34. The molecule has 29 heavy (non-hydrogen) atoms. The highest BCUT2D eigenvalue weighted by atomic mass is 35.5. The first-order valence-electron chi connectivity index (χ1n) is 8.76. The van der Waals surface area contributed by atoms with Crippen LogP contribution in [0.1, 0.15) is 24.0 Å². The van der Waals surface area contributed by atoms with E-state index in [1.54, 1.807) is 54.6 Å². The van der Waals surface area contributed by atoms with Crippen molar-refractivity contribution in [2.45, 2.75) is 18.9 Å². The lowest BCUT2D eigenvalue weighted by Gasteiger charge is -2.25. The molecule has 0 spiro atoms. The van der Waals surface area contributed by atoms with Crippen LogP contribution in [0.5, 0.6) is 0 Å². The molecule has 0 fully saturated rings. The van der Waals surface area contributed by atoms with Crippen LogP contribution in [0.4, 0.5) is 0 Å². The first kappa shape index (κ1) is 20.3. The lowest BCUT2D eigenvalue weighted by atomic mass is 10.1. The molecule has 148 valence electrons. The molecule has 3 rings (SSSR count). The molecule has 0 aliphatic carbocycles. The Balaban J connectivity index is 2.04. The van der Waals surface area contributed by atoms with E-state index in [0.29, 0.717) is 16.1 Å². The highest BCUT2D eigenvalue weighted by Gasteiger charge is 2.39. The summed E-state index contributed by atoms with van der Waals surface area (Å²) in [4.78, 5) is 41.3. The van der Waals surface area contributed by atoms with Crippen molar-refractivity contribution in [1.29, 1.82) is 0 Å². The fraction of sp³-hybridized carbons (Fsp3) is 0.143. The molecular weight excluding hydrogens is 396 g/mol. The maximum absolute atomic E-state index is 13.1. The zero-order chi connectivity index (χ0) is 21.0. The minimum Gasteiger partial charge on any atom is -0.481 e. The molecule has 1 heterocycles. The van der Waals surface area contributed by atoms with Crippen molar-refractivity contribution >= 4 is 41.4 Å². The van der Waals surface area contributed by atoms with Crippen LogP contribution in [0.3, 0.4) is 0 Å². The maximum atomic E-state index is 13.1. The van der Waals surface area contributed by atoms with E-state index in [1.807, 2.05) is 0 Å². The molecule has 1 aliphatic heterocycles. The fourth-order valence-electron chi connectivity index (χ4n) is 2.95. The van der Waals surface area contributed by atoms with Crippen molar-refractivity contribution < 1.29 is 24.6 Å². The van der Waals surface area contributed by atoms with Crippen molar-refractivity contribution in [2.24, 2.45) is 4.99 Å². The monoisotopic (exact) mass is 412 g/mol. The normalized spacial score (nSPS) is 16.0. The van der Waals surface area contributed by atoms with E-state index in [1.165, 1.54) is 6.08 Å². The van der Waals surface area contributed by atoms with Crippen molar-refractivity contribution in [1.82, 2.24) is 4.90 Å². The number of aliphatic carboxylic acids is 2. The van der Waals surface area contributed by atoms with Gasteiger partial charge in [0.05, 0.1) is 0 Å². The minimum absolute atomic E-state index is 0.0627. The lowest BCUT2D eigenvalue weighted by molar-refractivity contribution is -0.146. The van der Waals surface area contributed by atoms with Gasteiger partial charge in [-0.3, -0.25) is 14.5 Å². The fourth-order valence-corrected chi connectivity index (χ4v) is 3.08. The van der Waals surface area contributed by atoms with Crippen molar-refractivity contribution in [3.8, 4) is 0 Å². The Morgan fingerprint density at radius 3 is 2.31 bits per heavy atom. The summed E-state index contributed by atoms with van der Waals surface area (Å²) in [6.07, 6.45) is 0.910. The number of rotatable bonds is 7. The summed E-state index contributed by atoms with van der Waals surface area (Å²) in [5, 5.41) is 19.2. The smallest absolute Gasteiger partial charge is 0.326 e. The third-order valence-corrected chi connectivity index (χ3v) is 4.58. The number of nitrogens with zero attached hydrogens (tertiary/aromatic N) is 2. The number of hydrogen-bond acceptors (Lipinski definition) is 4. The number of carbonyl (C=O) groups excluding carboxylic acids is 1. The highest BCUT2D eigenvalue weighted by Crippen LogP contribution is 2.26. The summed E-state index contributed by atoms with van der Waals surface area (Å²) in [5.41, 5.74) is 1.29. The molecule has 2 aromatic rings. The molecule has 7 nitrogen and oxygen atoms in total. The predicted octanol–water partition coefficient (Wildman–Crippen LogP) is 3.29. The van der Waals surface area contributed by atoms with Crippen LogP contribution < -0.4 is 0 Å². The number of amides is 1. The molecule has 0 radical (unpaired) electrons. The van der Waals surface area contributed by atoms with Gasteiger partial charge in [0.15, 0.2) is 0 Å². The van der Waals surface area contributed by atoms with Gasteiger partial charge >= 0.3 is 11.9 Å². The quantitative estimate of drug-likeness (QED) is 0.678. The van der Waals surface area contributed by atoms with Gasteiger partial charge in [0, 0.05) is 17.0 Å². The lowest BCUT2D eigenvalue weighted by Crippen LogP contribution is -2.46. The molecule has 1 amide bonds. The van der Waals surface area contributed by atoms with Gasteiger partial charge in [0.1, 0.15) is 17.6 Å². The van der Waals surface area contributed by atoms with E-state index in [4.69, 9.17) is 16.7 Å². The van der Waals surface area contributed by atoms with E-state index in [2.05, 4.69) is 4.99 Å². The summed E-state index contributed by atoms with van der Waals surface area (Å²) in [5.74, 6) is -2.86. The van der Waals surface area contributed by atoms with E-state index in [-0.39, 0.29) is 24.4 Å². The number of carboxylic acid groups (broad SMARTS) is 2. The number of aliphatic imine (C=N–C) groups is 1. The average Bonchev–Trinajstić information content (AvgIpc) is 3.00. The molecule has 2 N–H and O–H groups in total. The molecule has 1 aliphatic rings. The van der Waals surface area contributed by atoms with Crippen molar-refractivity contribution in [3.05, 3.63) is 76.4 Å². The van der Waals surface area contributed by atoms with Crippen LogP contribution in [0.25, 0.3) is 6.08 Å². The van der Waals surface area contributed by atoms with Crippen LogP contribution in [-0.4, -0.2) is 44.8 Å². The molecule has 0 unspecified atom stereocenters. The van der Waals surface area contributed by atoms with Crippen molar-refractivity contribution in [3.63, 3.8) is 0 Å². The third kappa shape index (κ3) is 4.70. The van der Waals surface area contributed by atoms with Gasteiger partial charge in [0.2, 0.25) is 0 Å². The summed E-state index contributed by atoms with van der Waals surface area (Å²) in [6.45, 7) is 0. The number of hydrogen-bond donors (Lipinski definition) is 2. The minimum atomic E-state index is -1.35. The first-order chi connectivity index (χ1) is 13.9. The van der Waals surface area contributed by atoms with E-state index >= 15 is 0 Å². The van der Waals surface area contributed by atoms with E-state index in [0.717, 1.165) is 4.90 Å². The predicted molar refractivity (Wildman–Crippen MR) is 108 cm³/mol. The summed E-state index contributed by atoms with van der Waals surface area (Å²) >= 11 is 5.88. The van der Waals surface area contributed by atoms with Gasteiger partial charge in [-0.15, -0.1) is 0 Å². The first-order valence-corrected chi connectivity index (χ1v) is 9.14. The molecule has 0 bridgehead atoms. The molecule has 0 aromatic heterocycles. The number of benzene rings is 2. The number of amidine groups is 1. The van der Waals surface area contributed by atoms with Crippen LogP contribution in [-0.2, 0) is 14.4 Å². The Labute approximate surface area is 171 Å². The van der Waals surface area contributed by atoms with E-state index < -0.39 is 23.9 Å². The molecule has 0 saturated carbocycles. The van der Waals surface area contributed by atoms with Crippen LogP contribution >= 0.6 is 11.6 Å². The van der Waals surface area contributed by atoms with E-state index in [9.17, 15) is 19.5 Å². The Bertz CT molecular complexity index is 999. The highest BCUT2D eigenvalue weighted by molar-refractivity contribution is 6.30. The number of carboxylic acids is 2. The zero-order valence-corrected chi connectivity index (χ0v) is 15.9. The second kappa shape index (κ2) is 8.70. The summed E-state index contributed by atoms with van der Waals surface area (Å²) in [6, 6.07) is 14.1. The Kier molecular flexibility index (Phi) is 6.09. The Morgan fingerprint density at radius 1 is 1.07 bits per heavy atom. The summed E-state index contributed by atoms with van der Waals surface area (Å²) < 4.78 is 0. The maximum Gasteiger partial charge on any atom is 0.326 e. The molecule has 2 aromatic carbocycles. The van der Waals surface area contributed by atoms with Gasteiger partial charge in [-0.2, -0.15) is 0 Å². The third-order valence-electron chi connectivity index (χ3n) is 4.33.